The van der Waals surface area contributed by atoms with Crippen molar-refractivity contribution in [3.63, 3.8) is 0 Å². The maximum absolute atomic E-state index is 12.2. The van der Waals surface area contributed by atoms with Gasteiger partial charge in [0.05, 0.1) is 12.7 Å². The zero-order valence-electron chi connectivity index (χ0n) is 18.2. The average Bonchev–Trinajstić information content (AvgIpc) is 3.33. The molecule has 2 heterocycles. The maximum atomic E-state index is 12.2. The first-order valence-corrected chi connectivity index (χ1v) is 10.6. The highest BCUT2D eigenvalue weighted by Crippen LogP contribution is 2.41. The van der Waals surface area contributed by atoms with Crippen molar-refractivity contribution in [2.45, 2.75) is 45.6 Å². The summed E-state index contributed by atoms with van der Waals surface area (Å²) in [5.41, 5.74) is 3.11. The molecule has 3 aromatic rings. The van der Waals surface area contributed by atoms with E-state index in [1.165, 1.54) is 5.56 Å². The summed E-state index contributed by atoms with van der Waals surface area (Å²) in [6, 6.07) is 14.0. The molecule has 0 saturated heterocycles. The van der Waals surface area contributed by atoms with Crippen molar-refractivity contribution in [3.8, 4) is 22.8 Å². The van der Waals surface area contributed by atoms with E-state index in [1.807, 2.05) is 43.3 Å². The van der Waals surface area contributed by atoms with Gasteiger partial charge in [-0.1, -0.05) is 42.0 Å². The Hall–Kier alpha value is -3.28. The molecule has 6 nitrogen and oxygen atoms in total. The van der Waals surface area contributed by atoms with Gasteiger partial charge in [-0.15, -0.1) is 0 Å². The number of aromatic nitrogens is 1. The van der Waals surface area contributed by atoms with Crippen molar-refractivity contribution >= 4 is 5.91 Å². The molecule has 31 heavy (non-hydrogen) atoms. The summed E-state index contributed by atoms with van der Waals surface area (Å²) in [6.45, 7) is 6.97. The average molecular weight is 421 g/mol. The largest absolute Gasteiger partial charge is 0.488 e. The standard InChI is InChI=1S/C25H28N2O4/c1-17-7-9-18(10-8-17)21-16-27-23(30-21)12-11-22(28)26-13-14-29-20-6-4-5-19-15-25(2,3)31-24(19)20/h4-10,16H,11-15H2,1-3H3,(H,26,28). The molecule has 1 amide bonds. The Balaban J connectivity index is 1.20. The highest BCUT2D eigenvalue weighted by Gasteiger charge is 2.32. The lowest BCUT2D eigenvalue weighted by molar-refractivity contribution is -0.121. The molecule has 0 saturated carbocycles. The zero-order chi connectivity index (χ0) is 21.8. The normalized spacial score (nSPS) is 14.0. The van der Waals surface area contributed by atoms with Crippen LogP contribution >= 0.6 is 0 Å². The van der Waals surface area contributed by atoms with E-state index in [-0.39, 0.29) is 11.5 Å². The fourth-order valence-electron chi connectivity index (χ4n) is 3.64. The monoisotopic (exact) mass is 420 g/mol. The number of fused-ring (bicyclic) bond motifs is 1. The van der Waals surface area contributed by atoms with Gasteiger partial charge in [-0.3, -0.25) is 4.79 Å². The van der Waals surface area contributed by atoms with Crippen LogP contribution in [0.25, 0.3) is 11.3 Å². The molecule has 6 heteroatoms. The minimum absolute atomic E-state index is 0.0608. The number of ether oxygens (including phenoxy) is 2. The number of hydrogen-bond acceptors (Lipinski definition) is 5. The van der Waals surface area contributed by atoms with Crippen LogP contribution in [0, 0.1) is 6.92 Å². The van der Waals surface area contributed by atoms with E-state index < -0.39 is 0 Å². The third-order valence-corrected chi connectivity index (χ3v) is 5.19. The Morgan fingerprint density at radius 1 is 1.19 bits per heavy atom. The van der Waals surface area contributed by atoms with Crippen molar-refractivity contribution in [1.82, 2.24) is 10.3 Å². The Labute approximate surface area is 182 Å². The van der Waals surface area contributed by atoms with Crippen molar-refractivity contribution in [1.29, 1.82) is 0 Å². The van der Waals surface area contributed by atoms with E-state index in [0.29, 0.717) is 37.6 Å². The summed E-state index contributed by atoms with van der Waals surface area (Å²) in [4.78, 5) is 16.4. The van der Waals surface area contributed by atoms with Crippen LogP contribution in [0.2, 0.25) is 0 Å². The van der Waals surface area contributed by atoms with Crippen LogP contribution in [-0.2, 0) is 17.6 Å². The van der Waals surface area contributed by atoms with Crippen molar-refractivity contribution in [2.75, 3.05) is 13.2 Å². The number of rotatable bonds is 8. The molecule has 0 bridgehead atoms. The molecular weight excluding hydrogens is 392 g/mol. The van der Waals surface area contributed by atoms with E-state index in [1.54, 1.807) is 6.20 Å². The lowest BCUT2D eigenvalue weighted by Crippen LogP contribution is -2.28. The summed E-state index contributed by atoms with van der Waals surface area (Å²) in [6.07, 6.45) is 3.33. The number of nitrogens with one attached hydrogen (secondary N) is 1. The summed E-state index contributed by atoms with van der Waals surface area (Å²) in [5, 5.41) is 2.88. The summed E-state index contributed by atoms with van der Waals surface area (Å²) in [7, 11) is 0. The summed E-state index contributed by atoms with van der Waals surface area (Å²) >= 11 is 0. The molecule has 1 aliphatic rings. The minimum atomic E-state index is -0.213. The third kappa shape index (κ3) is 5.26. The molecule has 1 aliphatic heterocycles. The number of carbonyl (C=O) groups excluding carboxylic acids is 1. The summed E-state index contributed by atoms with van der Waals surface area (Å²) in [5.74, 6) is 2.74. The van der Waals surface area contributed by atoms with Gasteiger partial charge in [-0.05, 0) is 26.8 Å². The molecule has 0 aliphatic carbocycles. The molecule has 0 radical (unpaired) electrons. The summed E-state index contributed by atoms with van der Waals surface area (Å²) < 4.78 is 17.6. The number of aryl methyl sites for hydroxylation is 2. The predicted octanol–water partition coefficient (Wildman–Crippen LogP) is 4.49. The predicted molar refractivity (Wildman–Crippen MR) is 118 cm³/mol. The van der Waals surface area contributed by atoms with Gasteiger partial charge in [0.1, 0.15) is 12.2 Å². The SMILES string of the molecule is Cc1ccc(-c2cnc(CCC(=O)NCCOc3cccc4c3OC(C)(C)C4)o2)cc1. The lowest BCUT2D eigenvalue weighted by atomic mass is 10.0. The molecule has 2 aromatic carbocycles. The number of benzene rings is 2. The Kier molecular flexibility index (Phi) is 5.98. The van der Waals surface area contributed by atoms with Crippen LogP contribution in [0.4, 0.5) is 0 Å². The first-order valence-electron chi connectivity index (χ1n) is 10.6. The van der Waals surface area contributed by atoms with Crippen LogP contribution in [0.5, 0.6) is 11.5 Å². The number of amides is 1. The molecule has 4 rings (SSSR count). The number of nitrogens with zero attached hydrogens (tertiary/aromatic N) is 1. The van der Waals surface area contributed by atoms with Gasteiger partial charge >= 0.3 is 0 Å². The highest BCUT2D eigenvalue weighted by atomic mass is 16.5. The number of oxazole rings is 1. The number of para-hydroxylation sites is 1. The molecule has 0 atom stereocenters. The molecule has 1 aromatic heterocycles. The van der Waals surface area contributed by atoms with Crippen molar-refractivity contribution in [3.05, 3.63) is 65.7 Å². The second-order valence-electron chi connectivity index (χ2n) is 8.47. The second kappa shape index (κ2) is 8.84. The highest BCUT2D eigenvalue weighted by molar-refractivity contribution is 5.76. The third-order valence-electron chi connectivity index (χ3n) is 5.19. The van der Waals surface area contributed by atoms with E-state index in [0.717, 1.165) is 29.0 Å². The molecular formula is C25H28N2O4. The molecule has 1 N–H and O–H groups in total. The van der Waals surface area contributed by atoms with Crippen LogP contribution in [-0.4, -0.2) is 29.6 Å². The fourth-order valence-corrected chi connectivity index (χ4v) is 3.64. The van der Waals surface area contributed by atoms with Crippen LogP contribution in [0.1, 0.15) is 37.3 Å². The van der Waals surface area contributed by atoms with Gasteiger partial charge in [-0.25, -0.2) is 4.98 Å². The smallest absolute Gasteiger partial charge is 0.220 e. The van der Waals surface area contributed by atoms with Crippen LogP contribution < -0.4 is 14.8 Å². The lowest BCUT2D eigenvalue weighted by Gasteiger charge is -2.18. The van der Waals surface area contributed by atoms with Crippen LogP contribution in [0.3, 0.4) is 0 Å². The Bertz CT molecular complexity index is 1050. The molecule has 0 spiro atoms. The van der Waals surface area contributed by atoms with E-state index in [2.05, 4.69) is 30.2 Å². The van der Waals surface area contributed by atoms with Gasteiger partial charge in [0.15, 0.2) is 23.1 Å². The molecule has 0 unspecified atom stereocenters. The van der Waals surface area contributed by atoms with E-state index in [4.69, 9.17) is 13.9 Å². The quantitative estimate of drug-likeness (QED) is 0.544. The topological polar surface area (TPSA) is 73.6 Å². The van der Waals surface area contributed by atoms with Gasteiger partial charge < -0.3 is 19.2 Å². The van der Waals surface area contributed by atoms with Gasteiger partial charge in [0.2, 0.25) is 5.91 Å². The first kappa shape index (κ1) is 21.0. The number of hydrogen-bond donors (Lipinski definition) is 1. The van der Waals surface area contributed by atoms with Gasteiger partial charge in [-0.2, -0.15) is 0 Å². The van der Waals surface area contributed by atoms with E-state index >= 15 is 0 Å². The minimum Gasteiger partial charge on any atom is -0.488 e. The van der Waals surface area contributed by atoms with Crippen molar-refractivity contribution in [2.24, 2.45) is 0 Å². The molecule has 162 valence electrons. The first-order chi connectivity index (χ1) is 14.9. The van der Waals surface area contributed by atoms with Gasteiger partial charge in [0.25, 0.3) is 0 Å². The van der Waals surface area contributed by atoms with Gasteiger partial charge in [0, 0.05) is 30.4 Å². The second-order valence-corrected chi connectivity index (χ2v) is 8.47. The molecule has 0 fully saturated rings. The Morgan fingerprint density at radius 3 is 2.81 bits per heavy atom. The van der Waals surface area contributed by atoms with Crippen molar-refractivity contribution < 1.29 is 18.7 Å². The van der Waals surface area contributed by atoms with Crippen LogP contribution in [0.15, 0.2) is 53.1 Å². The maximum Gasteiger partial charge on any atom is 0.220 e. The zero-order valence-corrected chi connectivity index (χ0v) is 18.2. The Morgan fingerprint density at radius 2 is 2.00 bits per heavy atom. The van der Waals surface area contributed by atoms with E-state index in [9.17, 15) is 4.79 Å². The fraction of sp³-hybridized carbons (Fsp3) is 0.360. The number of carbonyl (C=O) groups is 1.